The standard InChI is InChI=1S/C19H20F3N5O4/c1-18(2)30-16-11(6-24-14-8-23-7-13(26-14)19(20,21)22)9-28-12(17(16)31-18)10-29-15-4-3-5-25-27-15/h3-8,11-12,16-17H,9-10H2,1-2H3/t11?,12-,16-,17+/m1/s1. The van der Waals surface area contributed by atoms with Crippen molar-refractivity contribution in [2.45, 2.75) is 44.1 Å². The minimum Gasteiger partial charge on any atom is -0.474 e. The second-order valence-corrected chi connectivity index (χ2v) is 7.51. The van der Waals surface area contributed by atoms with Gasteiger partial charge < -0.3 is 18.9 Å². The molecule has 0 radical (unpaired) electrons. The van der Waals surface area contributed by atoms with E-state index in [2.05, 4.69) is 25.2 Å². The van der Waals surface area contributed by atoms with Crippen LogP contribution in [0.4, 0.5) is 19.0 Å². The van der Waals surface area contributed by atoms with Crippen LogP contribution in [0.3, 0.4) is 0 Å². The summed E-state index contributed by atoms with van der Waals surface area (Å²) in [4.78, 5) is 11.1. The van der Waals surface area contributed by atoms with Crippen molar-refractivity contribution in [3.63, 3.8) is 0 Å². The average molecular weight is 439 g/mol. The number of hydrogen-bond donors (Lipinski definition) is 0. The summed E-state index contributed by atoms with van der Waals surface area (Å²) < 4.78 is 62.1. The van der Waals surface area contributed by atoms with Crippen LogP contribution >= 0.6 is 0 Å². The minimum absolute atomic E-state index is 0.155. The highest BCUT2D eigenvalue weighted by molar-refractivity contribution is 5.65. The SMILES string of the molecule is CC1(C)O[C@@H]2[C@H](O1)C(C=Nc1cncc(C(F)(F)F)n1)CO[C@@H]2COc1cccnn1. The molecule has 0 aliphatic carbocycles. The number of nitrogens with zero attached hydrogens (tertiary/aromatic N) is 5. The number of aromatic nitrogens is 4. The molecule has 0 N–H and O–H groups in total. The highest BCUT2D eigenvalue weighted by atomic mass is 19.4. The van der Waals surface area contributed by atoms with Gasteiger partial charge in [0.25, 0.3) is 0 Å². The molecule has 0 spiro atoms. The predicted molar refractivity (Wildman–Crippen MR) is 99.8 cm³/mol. The second-order valence-electron chi connectivity index (χ2n) is 7.51. The van der Waals surface area contributed by atoms with Gasteiger partial charge in [-0.15, -0.1) is 5.10 Å². The van der Waals surface area contributed by atoms with Gasteiger partial charge in [-0.05, 0) is 19.9 Å². The first-order chi connectivity index (χ1) is 14.7. The topological polar surface area (TPSA) is 101 Å². The van der Waals surface area contributed by atoms with Gasteiger partial charge in [-0.2, -0.15) is 18.3 Å². The van der Waals surface area contributed by atoms with Crippen LogP contribution in [0.1, 0.15) is 19.5 Å². The first-order valence-corrected chi connectivity index (χ1v) is 9.52. The quantitative estimate of drug-likeness (QED) is 0.656. The molecule has 166 valence electrons. The molecule has 4 rings (SSSR count). The molecule has 2 aromatic heterocycles. The van der Waals surface area contributed by atoms with Gasteiger partial charge in [-0.3, -0.25) is 4.98 Å². The molecule has 2 aliphatic rings. The largest absolute Gasteiger partial charge is 0.474 e. The maximum Gasteiger partial charge on any atom is 0.434 e. The molecule has 0 amide bonds. The van der Waals surface area contributed by atoms with Crippen molar-refractivity contribution in [1.82, 2.24) is 20.2 Å². The van der Waals surface area contributed by atoms with Gasteiger partial charge in [0, 0.05) is 24.4 Å². The lowest BCUT2D eigenvalue weighted by Gasteiger charge is -2.35. The Bertz CT molecular complexity index is 928. The van der Waals surface area contributed by atoms with Crippen molar-refractivity contribution in [3.05, 3.63) is 36.4 Å². The van der Waals surface area contributed by atoms with Crippen molar-refractivity contribution >= 4 is 12.0 Å². The highest BCUT2D eigenvalue weighted by Crippen LogP contribution is 2.38. The van der Waals surface area contributed by atoms with Crippen LogP contribution in [0.25, 0.3) is 0 Å². The van der Waals surface area contributed by atoms with E-state index in [0.717, 1.165) is 6.20 Å². The molecule has 0 aromatic carbocycles. The fraction of sp³-hybridized carbons (Fsp3) is 0.526. The molecule has 1 unspecified atom stereocenters. The van der Waals surface area contributed by atoms with E-state index in [4.69, 9.17) is 18.9 Å². The number of aliphatic imine (C=N–C) groups is 1. The number of hydrogen-bond acceptors (Lipinski definition) is 9. The molecule has 0 bridgehead atoms. The minimum atomic E-state index is -4.60. The molecular weight excluding hydrogens is 419 g/mol. The third kappa shape index (κ3) is 5.14. The zero-order valence-corrected chi connectivity index (χ0v) is 16.7. The van der Waals surface area contributed by atoms with E-state index >= 15 is 0 Å². The van der Waals surface area contributed by atoms with Crippen molar-refractivity contribution in [3.8, 4) is 5.88 Å². The lowest BCUT2D eigenvalue weighted by Crippen LogP contribution is -2.51. The van der Waals surface area contributed by atoms with Crippen LogP contribution in [0.15, 0.2) is 35.7 Å². The average Bonchev–Trinajstić information content (AvgIpc) is 3.07. The fourth-order valence-corrected chi connectivity index (χ4v) is 3.39. The molecular formula is C19H20F3N5O4. The number of ether oxygens (including phenoxy) is 4. The second kappa shape index (κ2) is 8.44. The molecule has 9 nitrogen and oxygen atoms in total. The van der Waals surface area contributed by atoms with Gasteiger partial charge in [-0.25, -0.2) is 9.98 Å². The molecule has 2 saturated heterocycles. The Kier molecular flexibility index (Phi) is 5.86. The van der Waals surface area contributed by atoms with E-state index in [0.29, 0.717) is 12.1 Å². The normalized spacial score (nSPS) is 27.9. The maximum absolute atomic E-state index is 12.8. The lowest BCUT2D eigenvalue weighted by molar-refractivity contribution is -0.156. The lowest BCUT2D eigenvalue weighted by atomic mass is 9.93. The molecule has 31 heavy (non-hydrogen) atoms. The van der Waals surface area contributed by atoms with E-state index in [1.807, 2.05) is 0 Å². The van der Waals surface area contributed by atoms with Crippen LogP contribution < -0.4 is 4.74 Å². The summed E-state index contributed by atoms with van der Waals surface area (Å²) in [5.41, 5.74) is -1.11. The van der Waals surface area contributed by atoms with E-state index in [9.17, 15) is 13.2 Å². The third-order valence-corrected chi connectivity index (χ3v) is 4.71. The molecule has 0 saturated carbocycles. The summed E-state index contributed by atoms with van der Waals surface area (Å²) in [6.45, 7) is 3.93. The van der Waals surface area contributed by atoms with Crippen LogP contribution in [0.5, 0.6) is 5.88 Å². The highest BCUT2D eigenvalue weighted by Gasteiger charge is 2.51. The first-order valence-electron chi connectivity index (χ1n) is 9.52. The van der Waals surface area contributed by atoms with E-state index < -0.39 is 36.0 Å². The van der Waals surface area contributed by atoms with Crippen molar-refractivity contribution < 1.29 is 32.1 Å². The summed E-state index contributed by atoms with van der Waals surface area (Å²) in [6, 6.07) is 3.38. The Morgan fingerprint density at radius 2 is 2.06 bits per heavy atom. The first kappa shape index (κ1) is 21.5. The number of alkyl halides is 3. The van der Waals surface area contributed by atoms with Gasteiger partial charge in [0.05, 0.1) is 25.1 Å². The third-order valence-electron chi connectivity index (χ3n) is 4.71. The number of fused-ring (bicyclic) bond motifs is 1. The Morgan fingerprint density at radius 3 is 2.81 bits per heavy atom. The van der Waals surface area contributed by atoms with Gasteiger partial charge in [0.15, 0.2) is 17.3 Å². The van der Waals surface area contributed by atoms with Crippen molar-refractivity contribution in [2.24, 2.45) is 10.9 Å². The molecule has 2 fully saturated rings. The Hall–Kier alpha value is -2.70. The maximum atomic E-state index is 12.8. The molecule has 2 aromatic rings. The Morgan fingerprint density at radius 1 is 1.26 bits per heavy atom. The smallest absolute Gasteiger partial charge is 0.434 e. The Labute approximate surface area is 175 Å². The Balaban J connectivity index is 1.46. The van der Waals surface area contributed by atoms with E-state index in [-0.39, 0.29) is 24.9 Å². The predicted octanol–water partition coefficient (Wildman–Crippen LogP) is 2.60. The van der Waals surface area contributed by atoms with E-state index in [1.54, 1.807) is 26.0 Å². The fourth-order valence-electron chi connectivity index (χ4n) is 3.39. The van der Waals surface area contributed by atoms with Gasteiger partial charge in [0.1, 0.15) is 18.8 Å². The molecule has 4 heterocycles. The van der Waals surface area contributed by atoms with E-state index in [1.165, 1.54) is 12.4 Å². The zero-order chi connectivity index (χ0) is 22.1. The van der Waals surface area contributed by atoms with Gasteiger partial charge >= 0.3 is 6.18 Å². The number of rotatable bonds is 5. The summed E-state index contributed by atoms with van der Waals surface area (Å²) in [5, 5.41) is 7.62. The summed E-state index contributed by atoms with van der Waals surface area (Å²) in [6.07, 6.45) is -1.13. The summed E-state index contributed by atoms with van der Waals surface area (Å²) in [5.74, 6) is -1.03. The monoisotopic (exact) mass is 439 g/mol. The summed E-state index contributed by atoms with van der Waals surface area (Å²) in [7, 11) is 0. The van der Waals surface area contributed by atoms with Crippen LogP contribution in [0.2, 0.25) is 0 Å². The van der Waals surface area contributed by atoms with Crippen molar-refractivity contribution in [1.29, 1.82) is 0 Å². The van der Waals surface area contributed by atoms with Crippen LogP contribution in [-0.4, -0.2) is 63.7 Å². The van der Waals surface area contributed by atoms with Crippen molar-refractivity contribution in [2.75, 3.05) is 13.2 Å². The zero-order valence-electron chi connectivity index (χ0n) is 16.7. The number of halogens is 3. The summed E-state index contributed by atoms with van der Waals surface area (Å²) >= 11 is 0. The van der Waals surface area contributed by atoms with Gasteiger partial charge in [0.2, 0.25) is 5.88 Å². The van der Waals surface area contributed by atoms with Crippen LogP contribution in [-0.2, 0) is 20.4 Å². The van der Waals surface area contributed by atoms with Gasteiger partial charge in [-0.1, -0.05) is 0 Å². The molecule has 4 atom stereocenters. The molecule has 2 aliphatic heterocycles. The molecule has 12 heteroatoms. The van der Waals surface area contributed by atoms with Crippen LogP contribution in [0, 0.1) is 5.92 Å².